The molecule has 5 nitrogen and oxygen atoms in total. The van der Waals surface area contributed by atoms with Crippen molar-refractivity contribution in [3.63, 3.8) is 0 Å². The number of carbonyl (C=O) groups excluding carboxylic acids is 1. The predicted octanol–water partition coefficient (Wildman–Crippen LogP) is 3.46. The van der Waals surface area contributed by atoms with Crippen molar-refractivity contribution < 1.29 is 13.9 Å². The molecule has 1 saturated carbocycles. The molecule has 1 aromatic carbocycles. The van der Waals surface area contributed by atoms with E-state index in [1.165, 1.54) is 38.2 Å². The molecular formula is C20H24FN3O2. The molecule has 1 aliphatic carbocycles. The Kier molecular flexibility index (Phi) is 4.66. The summed E-state index contributed by atoms with van der Waals surface area (Å²) in [6.07, 6.45) is 8.52. The fourth-order valence-electron chi connectivity index (χ4n) is 3.76. The quantitative estimate of drug-likeness (QED) is 0.823. The van der Waals surface area contributed by atoms with Gasteiger partial charge in [0.1, 0.15) is 5.82 Å². The molecule has 4 rings (SSSR count). The normalized spacial score (nSPS) is 20.2. The maximum absolute atomic E-state index is 13.6. The lowest BCUT2D eigenvalue weighted by Gasteiger charge is -2.33. The van der Waals surface area contributed by atoms with Crippen molar-refractivity contribution in [2.45, 2.75) is 38.1 Å². The first-order valence-corrected chi connectivity index (χ1v) is 9.29. The van der Waals surface area contributed by atoms with Gasteiger partial charge in [-0.05, 0) is 49.8 Å². The summed E-state index contributed by atoms with van der Waals surface area (Å²) in [5.74, 6) is 1.70. The van der Waals surface area contributed by atoms with E-state index in [-0.39, 0.29) is 17.6 Å². The number of piperidine rings is 1. The molecule has 1 amide bonds. The maximum Gasteiger partial charge on any atom is 0.254 e. The molecule has 2 heterocycles. The molecule has 0 spiro atoms. The molecule has 26 heavy (non-hydrogen) atoms. The number of carbonyl (C=O) groups is 1. The van der Waals surface area contributed by atoms with Crippen LogP contribution in [-0.4, -0.2) is 40.6 Å². The van der Waals surface area contributed by atoms with Crippen LogP contribution in [0, 0.1) is 11.7 Å². The Balaban J connectivity index is 1.49. The smallest absolute Gasteiger partial charge is 0.254 e. The van der Waals surface area contributed by atoms with Crippen molar-refractivity contribution in [1.29, 1.82) is 0 Å². The zero-order valence-corrected chi connectivity index (χ0v) is 15.0. The number of ether oxygens (including phenoxy) is 1. The highest BCUT2D eigenvalue weighted by Gasteiger charge is 2.30. The number of nitrogens with zero attached hydrogens (tertiary/aromatic N) is 3. The van der Waals surface area contributed by atoms with E-state index in [1.54, 1.807) is 0 Å². The molecule has 2 fully saturated rings. The number of imidazole rings is 1. The Morgan fingerprint density at radius 1 is 1.35 bits per heavy atom. The second-order valence-corrected chi connectivity index (χ2v) is 7.32. The molecule has 0 N–H and O–H groups in total. The summed E-state index contributed by atoms with van der Waals surface area (Å²) in [5.41, 5.74) is 0.463. The van der Waals surface area contributed by atoms with Crippen LogP contribution in [0.1, 0.15) is 47.8 Å². The summed E-state index contributed by atoms with van der Waals surface area (Å²) >= 11 is 0. The zero-order valence-electron chi connectivity index (χ0n) is 15.0. The van der Waals surface area contributed by atoms with Crippen molar-refractivity contribution in [3.05, 3.63) is 47.8 Å². The van der Waals surface area contributed by atoms with Crippen molar-refractivity contribution in [1.82, 2.24) is 14.5 Å². The highest BCUT2D eigenvalue weighted by atomic mass is 19.1. The minimum Gasteiger partial charge on any atom is -0.494 e. The number of hydrogen-bond acceptors (Lipinski definition) is 3. The first-order chi connectivity index (χ1) is 12.7. The summed E-state index contributed by atoms with van der Waals surface area (Å²) < 4.78 is 20.9. The Labute approximate surface area is 152 Å². The minimum absolute atomic E-state index is 0.0756. The highest BCUT2D eigenvalue weighted by Crippen LogP contribution is 2.33. The van der Waals surface area contributed by atoms with Gasteiger partial charge < -0.3 is 14.2 Å². The largest absolute Gasteiger partial charge is 0.494 e. The molecule has 1 aliphatic heterocycles. The molecule has 6 heteroatoms. The first kappa shape index (κ1) is 17.1. The molecule has 1 saturated heterocycles. The van der Waals surface area contributed by atoms with Crippen molar-refractivity contribution >= 4 is 5.91 Å². The van der Waals surface area contributed by atoms with E-state index in [4.69, 9.17) is 4.74 Å². The summed E-state index contributed by atoms with van der Waals surface area (Å²) in [6, 6.07) is 4.29. The average Bonchev–Trinajstić information content (AvgIpc) is 3.36. The van der Waals surface area contributed by atoms with E-state index in [0.717, 1.165) is 37.7 Å². The van der Waals surface area contributed by atoms with Gasteiger partial charge in [0.25, 0.3) is 5.91 Å². The number of amides is 1. The summed E-state index contributed by atoms with van der Waals surface area (Å²) in [5, 5.41) is 0. The number of benzene rings is 1. The van der Waals surface area contributed by atoms with Crippen molar-refractivity contribution in [3.8, 4) is 5.75 Å². The van der Waals surface area contributed by atoms with Gasteiger partial charge in [-0.15, -0.1) is 0 Å². The van der Waals surface area contributed by atoms with Gasteiger partial charge in [-0.2, -0.15) is 0 Å². The fourth-order valence-corrected chi connectivity index (χ4v) is 3.76. The number of hydrogen-bond donors (Lipinski definition) is 0. The van der Waals surface area contributed by atoms with E-state index in [9.17, 15) is 9.18 Å². The van der Waals surface area contributed by atoms with Crippen LogP contribution in [0.4, 0.5) is 4.39 Å². The number of rotatable bonds is 5. The van der Waals surface area contributed by atoms with Gasteiger partial charge in [0.15, 0.2) is 11.6 Å². The van der Waals surface area contributed by atoms with Crippen LogP contribution < -0.4 is 4.74 Å². The lowest BCUT2D eigenvalue weighted by atomic mass is 9.96. The van der Waals surface area contributed by atoms with Gasteiger partial charge in [-0.3, -0.25) is 4.79 Å². The van der Waals surface area contributed by atoms with E-state index >= 15 is 0 Å². The Morgan fingerprint density at radius 3 is 2.96 bits per heavy atom. The molecule has 0 radical (unpaired) electrons. The monoisotopic (exact) mass is 357 g/mol. The Bertz CT molecular complexity index is 800. The Morgan fingerprint density at radius 2 is 2.19 bits per heavy atom. The number of methoxy groups -OCH3 is 1. The van der Waals surface area contributed by atoms with Crippen LogP contribution in [-0.2, 0) is 6.54 Å². The van der Waals surface area contributed by atoms with Gasteiger partial charge in [0.05, 0.1) is 7.11 Å². The van der Waals surface area contributed by atoms with Gasteiger partial charge in [-0.1, -0.05) is 0 Å². The molecule has 138 valence electrons. The average molecular weight is 357 g/mol. The first-order valence-electron chi connectivity index (χ1n) is 9.29. The van der Waals surface area contributed by atoms with Crippen LogP contribution in [0.25, 0.3) is 0 Å². The van der Waals surface area contributed by atoms with Crippen LogP contribution in [0.5, 0.6) is 5.75 Å². The Hall–Kier alpha value is -2.37. The molecular weight excluding hydrogens is 333 g/mol. The van der Waals surface area contributed by atoms with Gasteiger partial charge in [0.2, 0.25) is 0 Å². The number of halogens is 1. The topological polar surface area (TPSA) is 47.4 Å². The maximum atomic E-state index is 13.6. The van der Waals surface area contributed by atoms with E-state index in [2.05, 4.69) is 15.7 Å². The SMILES string of the molecule is COc1cc(C(=O)N2CCCC(c3nccn3CC3CC3)C2)ccc1F. The molecule has 1 unspecified atom stereocenters. The third-order valence-corrected chi connectivity index (χ3v) is 5.37. The van der Waals surface area contributed by atoms with Gasteiger partial charge >= 0.3 is 0 Å². The van der Waals surface area contributed by atoms with E-state index in [1.807, 2.05) is 11.1 Å². The number of aromatic nitrogens is 2. The van der Waals surface area contributed by atoms with Crippen LogP contribution in [0.3, 0.4) is 0 Å². The van der Waals surface area contributed by atoms with Crippen molar-refractivity contribution in [2.75, 3.05) is 20.2 Å². The van der Waals surface area contributed by atoms with E-state index < -0.39 is 5.82 Å². The zero-order chi connectivity index (χ0) is 18.1. The second-order valence-electron chi connectivity index (χ2n) is 7.32. The van der Waals surface area contributed by atoms with Crippen LogP contribution in [0.15, 0.2) is 30.6 Å². The van der Waals surface area contributed by atoms with Gasteiger partial charge in [-0.25, -0.2) is 9.37 Å². The summed E-state index contributed by atoms with van der Waals surface area (Å²) in [6.45, 7) is 2.41. The van der Waals surface area contributed by atoms with Crippen LogP contribution in [0.2, 0.25) is 0 Å². The third kappa shape index (κ3) is 3.45. The fraction of sp³-hybridized carbons (Fsp3) is 0.500. The third-order valence-electron chi connectivity index (χ3n) is 5.37. The summed E-state index contributed by atoms with van der Waals surface area (Å²) in [7, 11) is 1.41. The molecule has 2 aliphatic rings. The molecule has 1 aromatic heterocycles. The van der Waals surface area contributed by atoms with Crippen molar-refractivity contribution in [2.24, 2.45) is 5.92 Å². The van der Waals surface area contributed by atoms with Crippen LogP contribution >= 0.6 is 0 Å². The highest BCUT2D eigenvalue weighted by molar-refractivity contribution is 5.94. The number of likely N-dealkylation sites (tertiary alicyclic amines) is 1. The molecule has 2 aromatic rings. The lowest BCUT2D eigenvalue weighted by Crippen LogP contribution is -2.39. The molecule has 1 atom stereocenters. The second kappa shape index (κ2) is 7.09. The minimum atomic E-state index is -0.456. The standard InChI is InChI=1S/C20H24FN3O2/c1-26-18-11-15(6-7-17(18)21)20(25)24-9-2-3-16(13-24)19-22-8-10-23(19)12-14-4-5-14/h6-8,10-11,14,16H,2-5,9,12-13H2,1H3. The molecule has 0 bridgehead atoms. The van der Waals surface area contributed by atoms with E-state index in [0.29, 0.717) is 12.1 Å². The lowest BCUT2D eigenvalue weighted by molar-refractivity contribution is 0.0702. The van der Waals surface area contributed by atoms with Gasteiger partial charge in [0, 0.05) is 43.5 Å². The summed E-state index contributed by atoms with van der Waals surface area (Å²) in [4.78, 5) is 19.3. The predicted molar refractivity (Wildman–Crippen MR) is 95.8 cm³/mol.